The standard InChI is InChI=1S/C7H10N4O2/c8-3-6(10-5-12)4-11-2-1-9-7(11)13/h5-6H,1-2,4H2,(H,9,13)(H,10,12)/t6-/m1/s1. The number of hydrogen-bond donors (Lipinski definition) is 2. The number of urea groups is 1. The van der Waals surface area contributed by atoms with Crippen LogP contribution in [-0.4, -0.2) is 43.0 Å². The number of nitrogens with one attached hydrogen (secondary N) is 2. The van der Waals surface area contributed by atoms with Crippen molar-refractivity contribution in [2.24, 2.45) is 0 Å². The molecule has 1 atom stereocenters. The molecule has 1 aliphatic rings. The molecule has 1 heterocycles. The van der Waals surface area contributed by atoms with E-state index in [0.29, 0.717) is 19.5 Å². The van der Waals surface area contributed by atoms with E-state index in [1.54, 1.807) is 0 Å². The SMILES string of the molecule is N#C[C@H](CN1CCNC1=O)NC=O. The summed E-state index contributed by atoms with van der Waals surface area (Å²) < 4.78 is 0. The summed E-state index contributed by atoms with van der Waals surface area (Å²) in [5, 5.41) is 13.5. The van der Waals surface area contributed by atoms with Crippen LogP contribution >= 0.6 is 0 Å². The van der Waals surface area contributed by atoms with Crippen molar-refractivity contribution in [3.8, 4) is 6.07 Å². The number of rotatable bonds is 4. The van der Waals surface area contributed by atoms with Crippen molar-refractivity contribution in [3.63, 3.8) is 0 Å². The second-order valence-corrected chi connectivity index (χ2v) is 2.64. The Labute approximate surface area is 75.5 Å². The van der Waals surface area contributed by atoms with E-state index >= 15 is 0 Å². The van der Waals surface area contributed by atoms with Crippen molar-refractivity contribution < 1.29 is 9.59 Å². The number of carbonyl (C=O) groups is 2. The van der Waals surface area contributed by atoms with Gasteiger partial charge in [-0.1, -0.05) is 0 Å². The summed E-state index contributed by atoms with van der Waals surface area (Å²) >= 11 is 0. The van der Waals surface area contributed by atoms with Crippen LogP contribution in [0.2, 0.25) is 0 Å². The predicted octanol–water partition coefficient (Wildman–Crippen LogP) is -1.35. The highest BCUT2D eigenvalue weighted by Gasteiger charge is 2.22. The first-order valence-corrected chi connectivity index (χ1v) is 3.90. The van der Waals surface area contributed by atoms with Gasteiger partial charge >= 0.3 is 6.03 Å². The van der Waals surface area contributed by atoms with Crippen molar-refractivity contribution in [3.05, 3.63) is 0 Å². The van der Waals surface area contributed by atoms with Gasteiger partial charge in [-0.2, -0.15) is 5.26 Å². The lowest BCUT2D eigenvalue weighted by molar-refractivity contribution is -0.109. The lowest BCUT2D eigenvalue weighted by Crippen LogP contribution is -2.41. The van der Waals surface area contributed by atoms with Gasteiger partial charge in [0.25, 0.3) is 0 Å². The lowest BCUT2D eigenvalue weighted by Gasteiger charge is -2.16. The topological polar surface area (TPSA) is 85.2 Å². The minimum absolute atomic E-state index is 0.187. The Morgan fingerprint density at radius 3 is 3.08 bits per heavy atom. The number of nitriles is 1. The Balaban J connectivity index is 2.41. The molecular weight excluding hydrogens is 172 g/mol. The maximum absolute atomic E-state index is 11.0. The summed E-state index contributed by atoms with van der Waals surface area (Å²) in [4.78, 5) is 22.6. The van der Waals surface area contributed by atoms with Gasteiger partial charge in [-0.25, -0.2) is 4.79 Å². The normalized spacial score (nSPS) is 17.5. The Morgan fingerprint density at radius 2 is 2.62 bits per heavy atom. The molecule has 0 aromatic rings. The van der Waals surface area contributed by atoms with E-state index < -0.39 is 6.04 Å². The van der Waals surface area contributed by atoms with Crippen LogP contribution in [0.25, 0.3) is 0 Å². The van der Waals surface area contributed by atoms with Crippen LogP contribution in [-0.2, 0) is 4.79 Å². The fourth-order valence-corrected chi connectivity index (χ4v) is 1.12. The maximum atomic E-state index is 11.0. The molecule has 0 spiro atoms. The van der Waals surface area contributed by atoms with Gasteiger partial charge in [0.05, 0.1) is 12.6 Å². The predicted molar refractivity (Wildman–Crippen MR) is 43.6 cm³/mol. The molecule has 0 bridgehead atoms. The number of nitrogens with zero attached hydrogens (tertiary/aromatic N) is 2. The van der Waals surface area contributed by atoms with E-state index in [1.807, 2.05) is 6.07 Å². The van der Waals surface area contributed by atoms with Gasteiger partial charge < -0.3 is 15.5 Å². The number of hydrogen-bond acceptors (Lipinski definition) is 3. The summed E-state index contributed by atoms with van der Waals surface area (Å²) in [6, 6.07) is 1.08. The highest BCUT2D eigenvalue weighted by molar-refractivity contribution is 5.76. The Morgan fingerprint density at radius 1 is 1.85 bits per heavy atom. The maximum Gasteiger partial charge on any atom is 0.317 e. The third kappa shape index (κ3) is 2.33. The van der Waals surface area contributed by atoms with E-state index in [9.17, 15) is 9.59 Å². The van der Waals surface area contributed by atoms with Gasteiger partial charge in [-0.3, -0.25) is 4.79 Å². The number of amides is 3. The van der Waals surface area contributed by atoms with E-state index in [1.165, 1.54) is 4.90 Å². The molecule has 1 aliphatic heterocycles. The molecule has 13 heavy (non-hydrogen) atoms. The zero-order valence-electron chi connectivity index (χ0n) is 6.99. The molecule has 0 saturated carbocycles. The number of carbonyl (C=O) groups excluding carboxylic acids is 2. The third-order valence-corrected chi connectivity index (χ3v) is 1.77. The average molecular weight is 182 g/mol. The molecule has 0 aromatic heterocycles. The largest absolute Gasteiger partial charge is 0.341 e. The fraction of sp³-hybridized carbons (Fsp3) is 0.571. The van der Waals surface area contributed by atoms with E-state index in [2.05, 4.69) is 10.6 Å². The van der Waals surface area contributed by atoms with Crippen molar-refractivity contribution in [1.82, 2.24) is 15.5 Å². The highest BCUT2D eigenvalue weighted by Crippen LogP contribution is 1.97. The summed E-state index contributed by atoms with van der Waals surface area (Å²) in [5.74, 6) is 0. The molecule has 0 unspecified atom stereocenters. The molecule has 0 aliphatic carbocycles. The molecule has 6 nitrogen and oxygen atoms in total. The smallest absolute Gasteiger partial charge is 0.317 e. The van der Waals surface area contributed by atoms with Gasteiger partial charge in [0, 0.05) is 13.1 Å². The van der Waals surface area contributed by atoms with Crippen LogP contribution in [0.3, 0.4) is 0 Å². The molecule has 3 amide bonds. The van der Waals surface area contributed by atoms with Crippen molar-refractivity contribution >= 4 is 12.4 Å². The zero-order chi connectivity index (χ0) is 9.68. The second kappa shape index (κ2) is 4.30. The molecular formula is C7H10N4O2. The van der Waals surface area contributed by atoms with Gasteiger partial charge in [0.2, 0.25) is 6.41 Å². The molecule has 70 valence electrons. The van der Waals surface area contributed by atoms with Crippen LogP contribution in [0.1, 0.15) is 0 Å². The van der Waals surface area contributed by atoms with Crippen molar-refractivity contribution in [1.29, 1.82) is 5.26 Å². The molecule has 0 aromatic carbocycles. The van der Waals surface area contributed by atoms with Crippen LogP contribution in [0.4, 0.5) is 4.79 Å². The Hall–Kier alpha value is -1.77. The molecule has 0 radical (unpaired) electrons. The lowest BCUT2D eigenvalue weighted by atomic mass is 10.3. The first-order chi connectivity index (χ1) is 6.27. The first kappa shape index (κ1) is 9.32. The molecule has 1 fully saturated rings. The van der Waals surface area contributed by atoms with E-state index in [4.69, 9.17) is 5.26 Å². The first-order valence-electron chi connectivity index (χ1n) is 3.90. The Bertz CT molecular complexity index is 247. The Kier molecular flexibility index (Phi) is 3.09. The van der Waals surface area contributed by atoms with Gasteiger partial charge in [0.1, 0.15) is 6.04 Å². The van der Waals surface area contributed by atoms with E-state index in [0.717, 1.165) is 0 Å². The van der Waals surface area contributed by atoms with Gasteiger partial charge in [-0.15, -0.1) is 0 Å². The minimum atomic E-state index is -0.624. The van der Waals surface area contributed by atoms with Crippen LogP contribution < -0.4 is 10.6 Å². The van der Waals surface area contributed by atoms with Crippen molar-refractivity contribution in [2.75, 3.05) is 19.6 Å². The minimum Gasteiger partial charge on any atom is -0.341 e. The second-order valence-electron chi connectivity index (χ2n) is 2.64. The van der Waals surface area contributed by atoms with Gasteiger partial charge in [0.15, 0.2) is 0 Å². The zero-order valence-corrected chi connectivity index (χ0v) is 6.99. The molecule has 1 rings (SSSR count). The van der Waals surface area contributed by atoms with Crippen LogP contribution in [0.5, 0.6) is 0 Å². The molecule has 1 saturated heterocycles. The summed E-state index contributed by atoms with van der Waals surface area (Å²) in [7, 11) is 0. The average Bonchev–Trinajstić information content (AvgIpc) is 2.51. The quantitative estimate of drug-likeness (QED) is 0.527. The summed E-state index contributed by atoms with van der Waals surface area (Å²) in [5.41, 5.74) is 0. The summed E-state index contributed by atoms with van der Waals surface area (Å²) in [6.07, 6.45) is 0.460. The van der Waals surface area contributed by atoms with E-state index in [-0.39, 0.29) is 12.6 Å². The monoisotopic (exact) mass is 182 g/mol. The summed E-state index contributed by atoms with van der Waals surface area (Å²) in [6.45, 7) is 1.41. The fourth-order valence-electron chi connectivity index (χ4n) is 1.12. The molecule has 6 heteroatoms. The molecule has 2 N–H and O–H groups in total. The van der Waals surface area contributed by atoms with Crippen LogP contribution in [0, 0.1) is 11.3 Å². The van der Waals surface area contributed by atoms with Crippen molar-refractivity contribution in [2.45, 2.75) is 6.04 Å². The third-order valence-electron chi connectivity index (χ3n) is 1.77. The highest BCUT2D eigenvalue weighted by atomic mass is 16.2. The van der Waals surface area contributed by atoms with Crippen LogP contribution in [0.15, 0.2) is 0 Å². The van der Waals surface area contributed by atoms with Gasteiger partial charge in [-0.05, 0) is 0 Å².